The minimum Gasteiger partial charge on any atom is -0.497 e. The topological polar surface area (TPSA) is 51.0 Å². The molecule has 0 spiro atoms. The molecule has 0 bridgehead atoms. The Hall–Kier alpha value is -1.46. The van der Waals surface area contributed by atoms with Gasteiger partial charge in [0.05, 0.1) is 19.3 Å². The van der Waals surface area contributed by atoms with E-state index in [9.17, 15) is 0 Å². The van der Waals surface area contributed by atoms with Crippen molar-refractivity contribution in [1.82, 2.24) is 4.90 Å². The van der Waals surface area contributed by atoms with E-state index in [1.165, 1.54) is 0 Å². The van der Waals surface area contributed by atoms with Gasteiger partial charge in [-0.1, -0.05) is 0 Å². The predicted molar refractivity (Wildman–Crippen MR) is 84.4 cm³/mol. The summed E-state index contributed by atoms with van der Waals surface area (Å²) in [6.07, 6.45) is 2.24. The Kier molecular flexibility index (Phi) is 4.51. The fourth-order valence-electron chi connectivity index (χ4n) is 3.05. The molecule has 0 radical (unpaired) electrons. The van der Waals surface area contributed by atoms with Crippen LogP contribution in [0.5, 0.6) is 11.5 Å². The first-order valence-electron chi connectivity index (χ1n) is 7.80. The molecule has 21 heavy (non-hydrogen) atoms. The molecule has 2 aliphatic heterocycles. The zero-order valence-corrected chi connectivity index (χ0v) is 12.8. The number of hydrogen-bond donors (Lipinski definition) is 1. The summed E-state index contributed by atoms with van der Waals surface area (Å²) in [6, 6.07) is 6.42. The lowest BCUT2D eigenvalue weighted by Crippen LogP contribution is -2.44. The highest BCUT2D eigenvalue weighted by Gasteiger charge is 2.21. The van der Waals surface area contributed by atoms with Gasteiger partial charge in [0.15, 0.2) is 0 Å². The maximum absolute atomic E-state index is 5.96. The van der Waals surface area contributed by atoms with Crippen molar-refractivity contribution in [1.29, 1.82) is 0 Å². The van der Waals surface area contributed by atoms with Crippen molar-refractivity contribution >= 4 is 5.69 Å². The smallest absolute Gasteiger partial charge is 0.142 e. The molecule has 1 aromatic rings. The normalized spacial score (nSPS) is 20.0. The Labute approximate surface area is 126 Å². The van der Waals surface area contributed by atoms with Crippen molar-refractivity contribution in [3.8, 4) is 11.5 Å². The van der Waals surface area contributed by atoms with Crippen LogP contribution in [0.2, 0.25) is 0 Å². The van der Waals surface area contributed by atoms with Crippen molar-refractivity contribution in [2.45, 2.75) is 18.9 Å². The van der Waals surface area contributed by atoms with Crippen molar-refractivity contribution < 1.29 is 9.47 Å². The molecule has 1 saturated heterocycles. The molecule has 3 rings (SSSR count). The van der Waals surface area contributed by atoms with E-state index in [1.54, 1.807) is 7.11 Å². The fraction of sp³-hybridized carbons (Fsp3) is 0.625. The Morgan fingerprint density at radius 2 is 2.05 bits per heavy atom. The number of hydrogen-bond acceptors (Lipinski definition) is 5. The van der Waals surface area contributed by atoms with Gasteiger partial charge in [0, 0.05) is 25.2 Å². The molecule has 0 atom stereocenters. The lowest BCUT2D eigenvalue weighted by Gasteiger charge is -2.35. The molecule has 0 amide bonds. The molecule has 2 heterocycles. The van der Waals surface area contributed by atoms with E-state index in [2.05, 4.69) is 15.9 Å². The van der Waals surface area contributed by atoms with Crippen LogP contribution in [0, 0.1) is 0 Å². The van der Waals surface area contributed by atoms with Gasteiger partial charge >= 0.3 is 0 Å². The number of nitrogens with zero attached hydrogens (tertiary/aromatic N) is 2. The molecular weight excluding hydrogens is 266 g/mol. The van der Waals surface area contributed by atoms with Crippen LogP contribution in [0.15, 0.2) is 18.2 Å². The van der Waals surface area contributed by atoms with E-state index >= 15 is 0 Å². The first kappa shape index (κ1) is 14.5. The first-order chi connectivity index (χ1) is 10.3. The molecule has 1 aromatic carbocycles. The third-order valence-corrected chi connectivity index (χ3v) is 4.44. The largest absolute Gasteiger partial charge is 0.497 e. The zero-order chi connectivity index (χ0) is 14.7. The van der Waals surface area contributed by atoms with E-state index in [0.29, 0.717) is 6.04 Å². The number of rotatable bonds is 4. The van der Waals surface area contributed by atoms with E-state index in [4.69, 9.17) is 15.2 Å². The average Bonchev–Trinajstić information content (AvgIpc) is 2.54. The van der Waals surface area contributed by atoms with Gasteiger partial charge in [-0.15, -0.1) is 0 Å². The number of fused-ring (bicyclic) bond motifs is 1. The molecule has 5 nitrogen and oxygen atoms in total. The molecule has 0 saturated carbocycles. The number of benzene rings is 1. The number of methoxy groups -OCH3 is 1. The maximum Gasteiger partial charge on any atom is 0.142 e. The highest BCUT2D eigenvalue weighted by molar-refractivity contribution is 5.62. The van der Waals surface area contributed by atoms with Crippen LogP contribution in [0.25, 0.3) is 0 Å². The summed E-state index contributed by atoms with van der Waals surface area (Å²) >= 11 is 0. The molecule has 2 aliphatic rings. The molecule has 0 unspecified atom stereocenters. The molecule has 0 aromatic heterocycles. The summed E-state index contributed by atoms with van der Waals surface area (Å²) in [6.45, 7) is 6.05. The molecule has 0 aliphatic carbocycles. The predicted octanol–water partition coefficient (Wildman–Crippen LogP) is 1.32. The Bertz CT molecular complexity index is 473. The standard InChI is InChI=1S/C16H25N3O2/c1-20-14-2-3-16-15(12-14)19(10-11-21-16)9-8-18-6-4-13(17)5-7-18/h2-3,12-13H,4-11,17H2,1H3. The number of nitrogens with two attached hydrogens (primary N) is 1. The van der Waals surface area contributed by atoms with Gasteiger partial charge < -0.3 is 25.0 Å². The number of ether oxygens (including phenoxy) is 2. The Morgan fingerprint density at radius 1 is 1.24 bits per heavy atom. The Balaban J connectivity index is 1.62. The van der Waals surface area contributed by atoms with Crippen molar-refractivity contribution in [2.24, 2.45) is 5.73 Å². The maximum atomic E-state index is 5.96. The minimum atomic E-state index is 0.398. The SMILES string of the molecule is COc1ccc2c(c1)N(CCN1CCC(N)CC1)CCO2. The summed E-state index contributed by atoms with van der Waals surface area (Å²) in [4.78, 5) is 4.91. The van der Waals surface area contributed by atoms with Gasteiger partial charge in [0.1, 0.15) is 18.1 Å². The average molecular weight is 291 g/mol. The van der Waals surface area contributed by atoms with E-state index in [-0.39, 0.29) is 0 Å². The third-order valence-electron chi connectivity index (χ3n) is 4.44. The Morgan fingerprint density at radius 3 is 2.81 bits per heavy atom. The van der Waals surface area contributed by atoms with Crippen molar-refractivity contribution in [3.63, 3.8) is 0 Å². The zero-order valence-electron chi connectivity index (χ0n) is 12.8. The monoisotopic (exact) mass is 291 g/mol. The lowest BCUT2D eigenvalue weighted by molar-refractivity contribution is 0.214. The van der Waals surface area contributed by atoms with E-state index in [0.717, 1.165) is 69.4 Å². The molecule has 116 valence electrons. The highest BCUT2D eigenvalue weighted by atomic mass is 16.5. The van der Waals surface area contributed by atoms with Gasteiger partial charge in [-0.05, 0) is 38.1 Å². The fourth-order valence-corrected chi connectivity index (χ4v) is 3.05. The van der Waals surface area contributed by atoms with Gasteiger partial charge in [-0.3, -0.25) is 0 Å². The van der Waals surface area contributed by atoms with Gasteiger partial charge in [-0.2, -0.15) is 0 Å². The minimum absolute atomic E-state index is 0.398. The number of likely N-dealkylation sites (tertiary alicyclic amines) is 1. The first-order valence-corrected chi connectivity index (χ1v) is 7.80. The van der Waals surface area contributed by atoms with Crippen LogP contribution in [-0.2, 0) is 0 Å². The van der Waals surface area contributed by atoms with Crippen LogP contribution >= 0.6 is 0 Å². The summed E-state index contributed by atoms with van der Waals surface area (Å²) in [5.41, 5.74) is 7.11. The van der Waals surface area contributed by atoms with E-state index < -0.39 is 0 Å². The summed E-state index contributed by atoms with van der Waals surface area (Å²) < 4.78 is 11.1. The quantitative estimate of drug-likeness (QED) is 0.906. The highest BCUT2D eigenvalue weighted by Crippen LogP contribution is 2.34. The number of piperidine rings is 1. The number of anilines is 1. The second kappa shape index (κ2) is 6.54. The van der Waals surface area contributed by atoms with E-state index in [1.807, 2.05) is 12.1 Å². The van der Waals surface area contributed by atoms with Crippen LogP contribution in [0.4, 0.5) is 5.69 Å². The molecular formula is C16H25N3O2. The summed E-state index contributed by atoms with van der Waals surface area (Å²) in [5.74, 6) is 1.84. The second-order valence-corrected chi connectivity index (χ2v) is 5.85. The molecule has 5 heteroatoms. The van der Waals surface area contributed by atoms with Crippen LogP contribution in [0.1, 0.15) is 12.8 Å². The van der Waals surface area contributed by atoms with Gasteiger partial charge in [-0.25, -0.2) is 0 Å². The third kappa shape index (κ3) is 3.41. The van der Waals surface area contributed by atoms with Crippen LogP contribution in [0.3, 0.4) is 0 Å². The van der Waals surface area contributed by atoms with Crippen LogP contribution in [-0.4, -0.2) is 57.4 Å². The van der Waals surface area contributed by atoms with Crippen molar-refractivity contribution in [3.05, 3.63) is 18.2 Å². The second-order valence-electron chi connectivity index (χ2n) is 5.85. The molecule has 2 N–H and O–H groups in total. The van der Waals surface area contributed by atoms with Crippen molar-refractivity contribution in [2.75, 3.05) is 51.3 Å². The van der Waals surface area contributed by atoms with Gasteiger partial charge in [0.2, 0.25) is 0 Å². The van der Waals surface area contributed by atoms with Crippen LogP contribution < -0.4 is 20.1 Å². The van der Waals surface area contributed by atoms with Gasteiger partial charge in [0.25, 0.3) is 0 Å². The summed E-state index contributed by atoms with van der Waals surface area (Å²) in [5, 5.41) is 0. The molecule has 1 fully saturated rings. The summed E-state index contributed by atoms with van der Waals surface area (Å²) in [7, 11) is 1.70. The lowest BCUT2D eigenvalue weighted by atomic mass is 10.1.